The summed E-state index contributed by atoms with van der Waals surface area (Å²) in [6, 6.07) is 2.09. The number of thiophene rings is 1. The van der Waals surface area contributed by atoms with E-state index in [0.29, 0.717) is 11.3 Å². The molecule has 1 saturated carbocycles. The maximum absolute atomic E-state index is 10.4. The van der Waals surface area contributed by atoms with Gasteiger partial charge in [-0.3, -0.25) is 0 Å². The van der Waals surface area contributed by atoms with Gasteiger partial charge < -0.3 is 5.11 Å². The summed E-state index contributed by atoms with van der Waals surface area (Å²) in [5.74, 6) is 0.473. The Hall–Kier alpha value is -0.340. The zero-order valence-corrected chi connectivity index (χ0v) is 11.3. The van der Waals surface area contributed by atoms with Gasteiger partial charge in [0.2, 0.25) is 0 Å². The second-order valence-electron chi connectivity index (χ2n) is 5.88. The van der Waals surface area contributed by atoms with Crippen LogP contribution in [0.5, 0.6) is 0 Å². The summed E-state index contributed by atoms with van der Waals surface area (Å²) in [6.07, 6.45) is 4.60. The first-order valence-corrected chi connectivity index (χ1v) is 7.10. The summed E-state index contributed by atoms with van der Waals surface area (Å²) in [6.45, 7) is 6.78. The highest BCUT2D eigenvalue weighted by Crippen LogP contribution is 2.43. The highest BCUT2D eigenvalue weighted by molar-refractivity contribution is 7.10. The van der Waals surface area contributed by atoms with Crippen molar-refractivity contribution in [2.24, 2.45) is 11.3 Å². The van der Waals surface area contributed by atoms with E-state index in [9.17, 15) is 5.11 Å². The maximum atomic E-state index is 10.4. The lowest BCUT2D eigenvalue weighted by Gasteiger charge is -2.36. The molecule has 0 radical (unpaired) electrons. The minimum Gasteiger partial charge on any atom is -0.388 e. The molecule has 1 N–H and O–H groups in total. The molecule has 1 unspecified atom stereocenters. The summed E-state index contributed by atoms with van der Waals surface area (Å²) in [7, 11) is 0. The van der Waals surface area contributed by atoms with Crippen LogP contribution >= 0.6 is 11.3 Å². The molecule has 0 saturated heterocycles. The molecule has 1 aliphatic carbocycles. The second-order valence-corrected chi connectivity index (χ2v) is 7.00. The Morgan fingerprint density at radius 3 is 2.50 bits per heavy atom. The third-order valence-electron chi connectivity index (χ3n) is 4.05. The van der Waals surface area contributed by atoms with Gasteiger partial charge in [0.15, 0.2) is 0 Å². The molecule has 0 spiro atoms. The molecule has 0 bridgehead atoms. The van der Waals surface area contributed by atoms with Crippen LogP contribution in [0, 0.1) is 18.3 Å². The van der Waals surface area contributed by atoms with Crippen LogP contribution in [-0.2, 0) is 0 Å². The van der Waals surface area contributed by atoms with E-state index in [4.69, 9.17) is 0 Å². The fourth-order valence-electron chi connectivity index (χ4n) is 2.69. The van der Waals surface area contributed by atoms with Crippen molar-refractivity contribution in [3.8, 4) is 0 Å². The van der Waals surface area contributed by atoms with Crippen LogP contribution in [0.25, 0.3) is 0 Å². The van der Waals surface area contributed by atoms with Crippen molar-refractivity contribution in [3.63, 3.8) is 0 Å². The van der Waals surface area contributed by atoms with Gasteiger partial charge in [-0.2, -0.15) is 0 Å². The Morgan fingerprint density at radius 2 is 2.00 bits per heavy atom. The fourth-order valence-corrected chi connectivity index (χ4v) is 3.44. The van der Waals surface area contributed by atoms with Crippen molar-refractivity contribution in [1.29, 1.82) is 0 Å². The summed E-state index contributed by atoms with van der Waals surface area (Å²) >= 11 is 1.74. The Bertz CT molecular complexity index is 343. The lowest BCUT2D eigenvalue weighted by molar-refractivity contribution is 0.0566. The van der Waals surface area contributed by atoms with Crippen LogP contribution in [0.4, 0.5) is 0 Å². The summed E-state index contributed by atoms with van der Waals surface area (Å²) in [5, 5.41) is 12.5. The zero-order valence-electron chi connectivity index (χ0n) is 10.5. The lowest BCUT2D eigenvalue weighted by atomic mass is 9.71. The Balaban J connectivity index is 2.02. The highest BCUT2D eigenvalue weighted by atomic mass is 32.1. The van der Waals surface area contributed by atoms with Crippen molar-refractivity contribution in [2.75, 3.05) is 0 Å². The van der Waals surface area contributed by atoms with E-state index in [1.54, 1.807) is 11.3 Å². The molecular weight excluding hydrogens is 216 g/mol. The minimum absolute atomic E-state index is 0.234. The molecule has 1 aliphatic rings. The molecule has 1 nitrogen and oxygen atoms in total. The van der Waals surface area contributed by atoms with Crippen LogP contribution in [0.1, 0.15) is 56.1 Å². The average molecular weight is 238 g/mol. The van der Waals surface area contributed by atoms with E-state index in [-0.39, 0.29) is 6.10 Å². The number of rotatable bonds is 2. The molecule has 0 aliphatic heterocycles. The van der Waals surface area contributed by atoms with E-state index < -0.39 is 0 Å². The van der Waals surface area contributed by atoms with E-state index >= 15 is 0 Å². The van der Waals surface area contributed by atoms with Gasteiger partial charge >= 0.3 is 0 Å². The minimum atomic E-state index is -0.234. The molecule has 1 atom stereocenters. The number of hydrogen-bond acceptors (Lipinski definition) is 2. The van der Waals surface area contributed by atoms with Crippen molar-refractivity contribution < 1.29 is 5.11 Å². The standard InChI is InChI=1S/C14H22OS/c1-10-12(6-9-16-10)13(15)11-4-7-14(2,3)8-5-11/h6,9,11,13,15H,4-5,7-8H2,1-3H3. The Kier molecular flexibility index (Phi) is 3.41. The first kappa shape index (κ1) is 12.1. The molecule has 2 rings (SSSR count). The quantitative estimate of drug-likeness (QED) is 0.814. The number of hydrogen-bond donors (Lipinski definition) is 1. The number of aliphatic hydroxyl groups excluding tert-OH is 1. The van der Waals surface area contributed by atoms with Gasteiger partial charge in [0.25, 0.3) is 0 Å². The van der Waals surface area contributed by atoms with E-state index in [1.807, 2.05) is 0 Å². The third kappa shape index (κ3) is 2.49. The predicted octanol–water partition coefficient (Wildman–Crippen LogP) is 4.31. The van der Waals surface area contributed by atoms with Gasteiger partial charge in [0, 0.05) is 4.88 Å². The van der Waals surface area contributed by atoms with Crippen LogP contribution in [0.15, 0.2) is 11.4 Å². The summed E-state index contributed by atoms with van der Waals surface area (Å²) in [4.78, 5) is 1.28. The van der Waals surface area contributed by atoms with Gasteiger partial charge in [-0.1, -0.05) is 13.8 Å². The first-order valence-electron chi connectivity index (χ1n) is 6.22. The fraction of sp³-hybridized carbons (Fsp3) is 0.714. The number of aliphatic hydroxyl groups is 1. The van der Waals surface area contributed by atoms with Crippen molar-refractivity contribution in [3.05, 3.63) is 21.9 Å². The zero-order chi connectivity index (χ0) is 11.8. The van der Waals surface area contributed by atoms with Gasteiger partial charge in [0.05, 0.1) is 6.10 Å². The molecule has 2 heteroatoms. The second kappa shape index (κ2) is 4.50. The topological polar surface area (TPSA) is 20.2 Å². The highest BCUT2D eigenvalue weighted by Gasteiger charge is 2.31. The van der Waals surface area contributed by atoms with Gasteiger partial charge in [0.1, 0.15) is 0 Å². The molecule has 16 heavy (non-hydrogen) atoms. The molecule has 1 aromatic rings. The lowest BCUT2D eigenvalue weighted by Crippen LogP contribution is -2.25. The third-order valence-corrected chi connectivity index (χ3v) is 4.91. The monoisotopic (exact) mass is 238 g/mol. The summed E-state index contributed by atoms with van der Waals surface area (Å²) < 4.78 is 0. The van der Waals surface area contributed by atoms with E-state index in [1.165, 1.54) is 30.6 Å². The Labute approximate surface area is 103 Å². The van der Waals surface area contributed by atoms with Crippen LogP contribution in [0.2, 0.25) is 0 Å². The van der Waals surface area contributed by atoms with Crippen LogP contribution in [0.3, 0.4) is 0 Å². The van der Waals surface area contributed by atoms with Gasteiger partial charge in [-0.25, -0.2) is 0 Å². The summed E-state index contributed by atoms with van der Waals surface area (Å²) in [5.41, 5.74) is 1.65. The van der Waals surface area contributed by atoms with Gasteiger partial charge in [-0.05, 0) is 60.9 Å². The molecule has 0 amide bonds. The maximum Gasteiger partial charge on any atom is 0.0828 e. The van der Waals surface area contributed by atoms with Crippen molar-refractivity contribution >= 4 is 11.3 Å². The molecule has 1 aromatic heterocycles. The van der Waals surface area contributed by atoms with E-state index in [2.05, 4.69) is 32.2 Å². The Morgan fingerprint density at radius 1 is 1.38 bits per heavy atom. The molecule has 1 heterocycles. The smallest absolute Gasteiger partial charge is 0.0828 e. The normalized spacial score (nSPS) is 23.2. The van der Waals surface area contributed by atoms with Crippen molar-refractivity contribution in [1.82, 2.24) is 0 Å². The first-order chi connectivity index (χ1) is 7.49. The van der Waals surface area contributed by atoms with E-state index in [0.717, 1.165) is 5.56 Å². The largest absolute Gasteiger partial charge is 0.388 e. The molecular formula is C14H22OS. The average Bonchev–Trinajstić information content (AvgIpc) is 2.63. The van der Waals surface area contributed by atoms with Crippen LogP contribution in [-0.4, -0.2) is 5.11 Å². The number of aryl methyl sites for hydroxylation is 1. The van der Waals surface area contributed by atoms with Crippen molar-refractivity contribution in [2.45, 2.75) is 52.6 Å². The predicted molar refractivity (Wildman–Crippen MR) is 69.8 cm³/mol. The van der Waals surface area contributed by atoms with Crippen LogP contribution < -0.4 is 0 Å². The van der Waals surface area contributed by atoms with Gasteiger partial charge in [-0.15, -0.1) is 11.3 Å². The molecule has 1 fully saturated rings. The molecule has 90 valence electrons. The SMILES string of the molecule is Cc1sccc1C(O)C1CCC(C)(C)CC1. The molecule has 0 aromatic carbocycles.